The molecule has 2 atom stereocenters. The van der Waals surface area contributed by atoms with Gasteiger partial charge in [0.05, 0.1) is 12.1 Å². The smallest absolute Gasteiger partial charge is 0.289 e. The second-order valence-electron chi connectivity index (χ2n) is 6.57. The molecule has 27 heavy (non-hydrogen) atoms. The van der Waals surface area contributed by atoms with Crippen LogP contribution in [-0.4, -0.2) is 12.1 Å². The third kappa shape index (κ3) is 3.42. The van der Waals surface area contributed by atoms with Crippen molar-refractivity contribution >= 4 is 49.3 Å². The van der Waals surface area contributed by atoms with Gasteiger partial charge in [-0.05, 0) is 61.0 Å². The van der Waals surface area contributed by atoms with E-state index in [4.69, 9.17) is 0 Å². The fraction of sp³-hybridized carbons (Fsp3) is 0.136. The largest absolute Gasteiger partial charge is 0.329 e. The summed E-state index contributed by atoms with van der Waals surface area (Å²) in [6.45, 7) is 2.11. The minimum atomic E-state index is -0.0662. The number of hydrogen-bond acceptors (Lipinski definition) is 1. The molecule has 0 unspecified atom stereocenters. The molecule has 1 aliphatic rings. The Morgan fingerprint density at radius 1 is 0.704 bits per heavy atom. The molecule has 0 N–H and O–H groups in total. The summed E-state index contributed by atoms with van der Waals surface area (Å²) in [7, 11) is 0. The Bertz CT molecular complexity index is 942. The van der Waals surface area contributed by atoms with Gasteiger partial charge < -0.3 is 0 Å². The van der Waals surface area contributed by atoms with Crippen molar-refractivity contribution in [3.8, 4) is 0 Å². The van der Waals surface area contributed by atoms with E-state index in [1.54, 1.807) is 0 Å². The van der Waals surface area contributed by atoms with Crippen molar-refractivity contribution in [2.45, 2.75) is 19.0 Å². The highest BCUT2D eigenvalue weighted by molar-refractivity contribution is 9.10. The van der Waals surface area contributed by atoms with Crippen LogP contribution >= 0.6 is 31.9 Å². The van der Waals surface area contributed by atoms with Crippen molar-refractivity contribution in [1.82, 2.24) is 0 Å². The number of benzene rings is 3. The van der Waals surface area contributed by atoms with Gasteiger partial charge in [0.15, 0.2) is 0 Å². The topological polar surface area (TPSA) is 23.6 Å². The highest BCUT2D eigenvalue weighted by atomic mass is 79.9. The summed E-state index contributed by atoms with van der Waals surface area (Å²) in [6, 6.07) is 25.9. The third-order valence-corrected chi connectivity index (χ3v) is 5.96. The molecule has 3 aromatic rings. The maximum absolute atomic E-state index is 13.5. The van der Waals surface area contributed by atoms with Gasteiger partial charge in [-0.1, -0.05) is 62.2 Å². The minimum absolute atomic E-state index is 0.00952. The highest BCUT2D eigenvalue weighted by Crippen LogP contribution is 2.41. The average molecular weight is 486 g/mol. The van der Waals surface area contributed by atoms with Gasteiger partial charge in [-0.15, -0.1) is 0 Å². The molecule has 0 aromatic heterocycles. The van der Waals surface area contributed by atoms with Crippen LogP contribution in [0.15, 0.2) is 87.8 Å². The molecule has 5 heteroatoms. The average Bonchev–Trinajstić information content (AvgIpc) is 2.94. The highest BCUT2D eigenvalue weighted by Gasteiger charge is 2.45. The minimum Gasteiger partial charge on any atom is -0.289 e. The number of halogens is 2. The van der Waals surface area contributed by atoms with Crippen molar-refractivity contribution in [1.29, 1.82) is 0 Å². The van der Waals surface area contributed by atoms with Crippen LogP contribution in [0, 0.1) is 0 Å². The lowest BCUT2D eigenvalue weighted by Gasteiger charge is -2.26. The maximum Gasteiger partial charge on any atom is 0.329 e. The van der Waals surface area contributed by atoms with Gasteiger partial charge in [0, 0.05) is 20.3 Å². The van der Waals surface area contributed by atoms with Crippen LogP contribution < -0.4 is 9.80 Å². The predicted molar refractivity (Wildman–Crippen MR) is 117 cm³/mol. The summed E-state index contributed by atoms with van der Waals surface area (Å²) >= 11 is 6.95. The summed E-state index contributed by atoms with van der Waals surface area (Å²) < 4.78 is 1.99. The zero-order chi connectivity index (χ0) is 19.0. The van der Waals surface area contributed by atoms with Crippen LogP contribution in [-0.2, 0) is 0 Å². The molecule has 3 aromatic carbocycles. The third-order valence-electron chi connectivity index (χ3n) is 4.91. The van der Waals surface area contributed by atoms with Crippen molar-refractivity contribution in [3.05, 3.63) is 93.4 Å². The molecular formula is C22H18Br2N2O. The van der Waals surface area contributed by atoms with Crippen molar-refractivity contribution in [2.24, 2.45) is 0 Å². The molecule has 1 fully saturated rings. The summed E-state index contributed by atoms with van der Waals surface area (Å²) in [5.41, 5.74) is 2.92. The van der Waals surface area contributed by atoms with Gasteiger partial charge >= 0.3 is 6.03 Å². The van der Waals surface area contributed by atoms with Gasteiger partial charge in [-0.25, -0.2) is 4.79 Å². The summed E-state index contributed by atoms with van der Waals surface area (Å²) in [4.78, 5) is 17.3. The molecule has 0 radical (unpaired) electrons. The fourth-order valence-corrected chi connectivity index (χ4v) is 4.19. The molecule has 0 spiro atoms. The molecule has 0 saturated carbocycles. The van der Waals surface area contributed by atoms with E-state index >= 15 is 0 Å². The predicted octanol–water partition coefficient (Wildman–Crippen LogP) is 6.79. The number of hydrogen-bond donors (Lipinski definition) is 0. The van der Waals surface area contributed by atoms with Crippen LogP contribution in [0.5, 0.6) is 0 Å². The van der Waals surface area contributed by atoms with Crippen molar-refractivity contribution in [3.63, 3.8) is 0 Å². The molecule has 0 aliphatic carbocycles. The van der Waals surface area contributed by atoms with E-state index in [0.29, 0.717) is 0 Å². The summed E-state index contributed by atoms with van der Waals surface area (Å²) in [5.74, 6) is 0. The number of urea groups is 1. The van der Waals surface area contributed by atoms with Crippen LogP contribution in [0.1, 0.15) is 18.5 Å². The Labute approximate surface area is 175 Å². The van der Waals surface area contributed by atoms with E-state index in [2.05, 4.69) is 50.9 Å². The SMILES string of the molecule is C[C@H]1[C@@H](c2ccccc2)N(c2ccc(Br)cc2)C(=O)N1c1ccc(Br)cc1. The number of amides is 2. The lowest BCUT2D eigenvalue weighted by Crippen LogP contribution is -2.33. The van der Waals surface area contributed by atoms with E-state index in [1.165, 1.54) is 0 Å². The van der Waals surface area contributed by atoms with Crippen LogP contribution in [0.3, 0.4) is 0 Å². The van der Waals surface area contributed by atoms with Gasteiger partial charge in [-0.2, -0.15) is 0 Å². The molecule has 1 saturated heterocycles. The maximum atomic E-state index is 13.5. The van der Waals surface area contributed by atoms with E-state index < -0.39 is 0 Å². The van der Waals surface area contributed by atoms with Crippen molar-refractivity contribution in [2.75, 3.05) is 9.80 Å². The molecule has 0 bridgehead atoms. The first kappa shape index (κ1) is 18.3. The van der Waals surface area contributed by atoms with Gasteiger partial charge in [0.2, 0.25) is 0 Å². The number of anilines is 2. The van der Waals surface area contributed by atoms with Crippen LogP contribution in [0.2, 0.25) is 0 Å². The first-order valence-corrected chi connectivity index (χ1v) is 10.3. The second-order valence-corrected chi connectivity index (χ2v) is 8.40. The number of carbonyl (C=O) groups is 1. The lowest BCUT2D eigenvalue weighted by atomic mass is 9.99. The van der Waals surface area contributed by atoms with E-state index in [-0.39, 0.29) is 18.1 Å². The van der Waals surface area contributed by atoms with Crippen LogP contribution in [0.4, 0.5) is 16.2 Å². The zero-order valence-electron chi connectivity index (χ0n) is 14.7. The first-order chi connectivity index (χ1) is 13.1. The monoisotopic (exact) mass is 484 g/mol. The van der Waals surface area contributed by atoms with Crippen molar-refractivity contribution < 1.29 is 4.79 Å². The van der Waals surface area contributed by atoms with Gasteiger partial charge in [0.25, 0.3) is 0 Å². The van der Waals surface area contributed by atoms with Crippen LogP contribution in [0.25, 0.3) is 0 Å². The standard InChI is InChI=1S/C22H18Br2N2O/c1-15-21(16-5-3-2-4-6-16)26(20-13-9-18(24)10-14-20)22(27)25(15)19-11-7-17(23)8-12-19/h2-15,21H,1H3/t15-,21-/m0/s1. The Morgan fingerprint density at radius 2 is 1.19 bits per heavy atom. The number of nitrogens with zero attached hydrogens (tertiary/aromatic N) is 2. The normalized spacial score (nSPS) is 19.6. The summed E-state index contributed by atoms with van der Waals surface area (Å²) in [5, 5.41) is 0. The quantitative estimate of drug-likeness (QED) is 0.400. The summed E-state index contributed by atoms with van der Waals surface area (Å²) in [6.07, 6.45) is 0. The van der Waals surface area contributed by atoms with Gasteiger partial charge in [-0.3, -0.25) is 9.80 Å². The van der Waals surface area contributed by atoms with E-state index in [0.717, 1.165) is 25.9 Å². The second kappa shape index (κ2) is 7.49. The molecule has 4 rings (SSSR count). The number of carbonyl (C=O) groups excluding carboxylic acids is 1. The molecular weight excluding hydrogens is 468 g/mol. The Hall–Kier alpha value is -2.11. The fourth-order valence-electron chi connectivity index (χ4n) is 3.66. The molecule has 136 valence electrons. The van der Waals surface area contributed by atoms with E-state index in [9.17, 15) is 4.79 Å². The molecule has 2 amide bonds. The lowest BCUT2D eigenvalue weighted by molar-refractivity contribution is 0.255. The zero-order valence-corrected chi connectivity index (χ0v) is 17.9. The van der Waals surface area contributed by atoms with E-state index in [1.807, 2.05) is 76.5 Å². The Kier molecular flexibility index (Phi) is 5.06. The van der Waals surface area contributed by atoms with Gasteiger partial charge in [0.1, 0.15) is 0 Å². The molecule has 1 aliphatic heterocycles. The Balaban J connectivity index is 1.82. The molecule has 3 nitrogen and oxygen atoms in total. The molecule has 1 heterocycles. The Morgan fingerprint density at radius 3 is 1.70 bits per heavy atom. The first-order valence-electron chi connectivity index (χ1n) is 8.75. The number of rotatable bonds is 3.